The van der Waals surface area contributed by atoms with Gasteiger partial charge in [-0.15, -0.1) is 0 Å². The summed E-state index contributed by atoms with van der Waals surface area (Å²) in [6, 6.07) is 0. The predicted octanol–water partition coefficient (Wildman–Crippen LogP) is 0.948. The van der Waals surface area contributed by atoms with E-state index < -0.39 is 0 Å². The second kappa shape index (κ2) is 5.20. The highest BCUT2D eigenvalue weighted by Gasteiger charge is 1.97. The molecule has 0 radical (unpaired) electrons. The van der Waals surface area contributed by atoms with E-state index in [0.29, 0.717) is 5.95 Å². The van der Waals surface area contributed by atoms with E-state index in [0.717, 1.165) is 30.8 Å². The third-order valence-corrected chi connectivity index (χ3v) is 2.12. The van der Waals surface area contributed by atoms with Crippen LogP contribution < -0.4 is 5.32 Å². The van der Waals surface area contributed by atoms with E-state index in [4.69, 9.17) is 0 Å². The molecule has 2 heterocycles. The van der Waals surface area contributed by atoms with Gasteiger partial charge in [-0.3, -0.25) is 5.10 Å². The lowest BCUT2D eigenvalue weighted by molar-refractivity contribution is 0.800. The van der Waals surface area contributed by atoms with Crippen LogP contribution >= 0.6 is 0 Å². The zero-order valence-electron chi connectivity index (χ0n) is 9.14. The smallest absolute Gasteiger partial charge is 0.222 e. The molecule has 0 unspecified atom stereocenters. The minimum absolute atomic E-state index is 0.670. The van der Waals surface area contributed by atoms with Crippen molar-refractivity contribution in [2.75, 3.05) is 11.9 Å². The molecule has 0 fully saturated rings. The molecule has 0 bridgehead atoms. The van der Waals surface area contributed by atoms with Crippen molar-refractivity contribution in [2.45, 2.75) is 19.8 Å². The SMILES string of the molecule is Cc1cnc(NCCCc2ncn[nH]2)nc1. The van der Waals surface area contributed by atoms with Crippen LogP contribution in [-0.4, -0.2) is 31.7 Å². The first-order chi connectivity index (χ1) is 7.84. The Labute approximate surface area is 93.6 Å². The van der Waals surface area contributed by atoms with Crippen LogP contribution in [0.15, 0.2) is 18.7 Å². The number of anilines is 1. The van der Waals surface area contributed by atoms with Gasteiger partial charge in [-0.2, -0.15) is 5.10 Å². The standard InChI is InChI=1S/C10H14N6/c1-8-5-12-10(13-6-8)11-4-2-3-9-14-7-15-16-9/h5-7H,2-4H2,1H3,(H,11,12,13)(H,14,15,16). The molecule has 2 N–H and O–H groups in total. The van der Waals surface area contributed by atoms with Crippen LogP contribution in [-0.2, 0) is 6.42 Å². The van der Waals surface area contributed by atoms with Gasteiger partial charge < -0.3 is 5.32 Å². The maximum atomic E-state index is 4.15. The minimum Gasteiger partial charge on any atom is -0.354 e. The van der Waals surface area contributed by atoms with Gasteiger partial charge in [0.25, 0.3) is 0 Å². The Morgan fingerprint density at radius 1 is 1.25 bits per heavy atom. The molecular formula is C10H14N6. The third-order valence-electron chi connectivity index (χ3n) is 2.12. The number of hydrogen-bond donors (Lipinski definition) is 2. The molecule has 0 aliphatic carbocycles. The van der Waals surface area contributed by atoms with Crippen LogP contribution in [0.1, 0.15) is 17.8 Å². The first-order valence-electron chi connectivity index (χ1n) is 5.21. The van der Waals surface area contributed by atoms with Crippen LogP contribution in [0.3, 0.4) is 0 Å². The van der Waals surface area contributed by atoms with Crippen molar-refractivity contribution in [1.82, 2.24) is 25.1 Å². The summed E-state index contributed by atoms with van der Waals surface area (Å²) in [6.45, 7) is 2.79. The van der Waals surface area contributed by atoms with Gasteiger partial charge >= 0.3 is 0 Å². The molecule has 0 amide bonds. The Hall–Kier alpha value is -1.98. The van der Waals surface area contributed by atoms with Gasteiger partial charge in [0.1, 0.15) is 12.2 Å². The van der Waals surface area contributed by atoms with Crippen molar-refractivity contribution in [3.63, 3.8) is 0 Å². The van der Waals surface area contributed by atoms with E-state index in [1.54, 1.807) is 12.4 Å². The maximum Gasteiger partial charge on any atom is 0.222 e. The first-order valence-corrected chi connectivity index (χ1v) is 5.21. The molecule has 6 heteroatoms. The zero-order chi connectivity index (χ0) is 11.2. The fraction of sp³-hybridized carbons (Fsp3) is 0.400. The molecule has 0 aliphatic rings. The normalized spacial score (nSPS) is 10.3. The summed E-state index contributed by atoms with van der Waals surface area (Å²) in [6.07, 6.45) is 6.95. The van der Waals surface area contributed by atoms with E-state index in [9.17, 15) is 0 Å². The second-order valence-corrected chi connectivity index (χ2v) is 3.55. The molecule has 16 heavy (non-hydrogen) atoms. The average Bonchev–Trinajstić information content (AvgIpc) is 2.80. The number of aryl methyl sites for hydroxylation is 2. The van der Waals surface area contributed by atoms with Crippen molar-refractivity contribution in [2.24, 2.45) is 0 Å². The quantitative estimate of drug-likeness (QED) is 0.730. The zero-order valence-corrected chi connectivity index (χ0v) is 9.14. The number of aromatic nitrogens is 5. The molecule has 6 nitrogen and oxygen atoms in total. The summed E-state index contributed by atoms with van der Waals surface area (Å²) in [5.41, 5.74) is 1.06. The van der Waals surface area contributed by atoms with Crippen molar-refractivity contribution in [1.29, 1.82) is 0 Å². The highest BCUT2D eigenvalue weighted by molar-refractivity contribution is 5.23. The summed E-state index contributed by atoms with van der Waals surface area (Å²) >= 11 is 0. The molecule has 0 saturated heterocycles. The van der Waals surface area contributed by atoms with E-state index >= 15 is 0 Å². The third kappa shape index (κ3) is 3.01. The molecule has 0 aromatic carbocycles. The molecular weight excluding hydrogens is 204 g/mol. The molecule has 84 valence electrons. The number of hydrogen-bond acceptors (Lipinski definition) is 5. The van der Waals surface area contributed by atoms with Crippen LogP contribution in [0.4, 0.5) is 5.95 Å². The monoisotopic (exact) mass is 218 g/mol. The first kappa shape index (κ1) is 10.5. The van der Waals surface area contributed by atoms with Crippen LogP contribution in [0.2, 0.25) is 0 Å². The van der Waals surface area contributed by atoms with Crippen LogP contribution in [0.25, 0.3) is 0 Å². The van der Waals surface area contributed by atoms with E-state index in [1.807, 2.05) is 6.92 Å². The average molecular weight is 218 g/mol. The summed E-state index contributed by atoms with van der Waals surface area (Å²) in [5, 5.41) is 9.76. The topological polar surface area (TPSA) is 79.4 Å². The highest BCUT2D eigenvalue weighted by Crippen LogP contribution is 1.99. The summed E-state index contributed by atoms with van der Waals surface area (Å²) in [5.74, 6) is 1.58. The molecule has 0 atom stereocenters. The summed E-state index contributed by atoms with van der Waals surface area (Å²) in [7, 11) is 0. The Bertz CT molecular complexity index is 407. The van der Waals surface area contributed by atoms with Crippen molar-refractivity contribution in [3.8, 4) is 0 Å². The van der Waals surface area contributed by atoms with Crippen molar-refractivity contribution < 1.29 is 0 Å². The summed E-state index contributed by atoms with van der Waals surface area (Å²) < 4.78 is 0. The Kier molecular flexibility index (Phi) is 3.42. The molecule has 2 aromatic heterocycles. The van der Waals surface area contributed by atoms with Gasteiger partial charge in [-0.25, -0.2) is 15.0 Å². The van der Waals surface area contributed by atoms with Gasteiger partial charge in [0.05, 0.1) is 0 Å². The van der Waals surface area contributed by atoms with Gasteiger partial charge in [0.2, 0.25) is 5.95 Å². The molecule has 0 spiro atoms. The lowest BCUT2D eigenvalue weighted by Crippen LogP contribution is -2.06. The fourth-order valence-corrected chi connectivity index (χ4v) is 1.29. The molecule has 0 aliphatic heterocycles. The van der Waals surface area contributed by atoms with E-state index in [1.165, 1.54) is 6.33 Å². The number of H-pyrrole nitrogens is 1. The van der Waals surface area contributed by atoms with E-state index in [2.05, 4.69) is 30.5 Å². The summed E-state index contributed by atoms with van der Waals surface area (Å²) in [4.78, 5) is 12.4. The lowest BCUT2D eigenvalue weighted by atomic mass is 10.3. The highest BCUT2D eigenvalue weighted by atomic mass is 15.2. The number of nitrogens with one attached hydrogen (secondary N) is 2. The Morgan fingerprint density at radius 3 is 2.75 bits per heavy atom. The molecule has 2 rings (SSSR count). The van der Waals surface area contributed by atoms with Gasteiger partial charge in [-0.05, 0) is 18.9 Å². The number of aromatic amines is 1. The Balaban J connectivity index is 1.70. The minimum atomic E-state index is 0.670. The van der Waals surface area contributed by atoms with Crippen LogP contribution in [0, 0.1) is 6.92 Å². The second-order valence-electron chi connectivity index (χ2n) is 3.55. The molecule has 0 saturated carbocycles. The van der Waals surface area contributed by atoms with Gasteiger partial charge in [0, 0.05) is 25.4 Å². The largest absolute Gasteiger partial charge is 0.354 e. The number of nitrogens with zero attached hydrogens (tertiary/aromatic N) is 4. The molecule has 2 aromatic rings. The van der Waals surface area contributed by atoms with Crippen molar-refractivity contribution >= 4 is 5.95 Å². The lowest BCUT2D eigenvalue weighted by Gasteiger charge is -2.03. The predicted molar refractivity (Wildman–Crippen MR) is 60.0 cm³/mol. The number of rotatable bonds is 5. The van der Waals surface area contributed by atoms with Crippen LogP contribution in [0.5, 0.6) is 0 Å². The van der Waals surface area contributed by atoms with Crippen molar-refractivity contribution in [3.05, 3.63) is 30.1 Å². The van der Waals surface area contributed by atoms with Gasteiger partial charge in [0.15, 0.2) is 0 Å². The maximum absolute atomic E-state index is 4.15. The Morgan fingerprint density at radius 2 is 2.06 bits per heavy atom. The van der Waals surface area contributed by atoms with E-state index in [-0.39, 0.29) is 0 Å². The fourth-order valence-electron chi connectivity index (χ4n) is 1.29. The van der Waals surface area contributed by atoms with Gasteiger partial charge in [-0.1, -0.05) is 0 Å².